The molecule has 6 atom stereocenters. The van der Waals surface area contributed by atoms with Gasteiger partial charge in [0.15, 0.2) is 0 Å². The van der Waals surface area contributed by atoms with Gasteiger partial charge in [0, 0.05) is 32.0 Å². The van der Waals surface area contributed by atoms with Crippen LogP contribution in [0.3, 0.4) is 0 Å². The number of carbonyl (C=O) groups excluding carboxylic acids is 1. The number of hydrogen-bond donors (Lipinski definition) is 1. The molecule has 18 heteroatoms. The van der Waals surface area contributed by atoms with Gasteiger partial charge in [0.2, 0.25) is 0 Å². The molecule has 0 aliphatic carbocycles. The van der Waals surface area contributed by atoms with E-state index < -0.39 is 46.3 Å². The average molecular weight is 783 g/mol. The van der Waals surface area contributed by atoms with E-state index in [1.807, 2.05) is 0 Å². The molecule has 0 aromatic rings. The molecule has 0 aromatic heterocycles. The van der Waals surface area contributed by atoms with Gasteiger partial charge in [-0.25, -0.2) is 4.79 Å². The summed E-state index contributed by atoms with van der Waals surface area (Å²) in [6.45, 7) is 20.0. The van der Waals surface area contributed by atoms with Crippen LogP contribution in [0.25, 0.3) is 0 Å². The average Bonchev–Trinajstić information content (AvgIpc) is 3.87. The minimum absolute atomic E-state index is 0.0494. The van der Waals surface area contributed by atoms with E-state index in [2.05, 4.69) is 32.8 Å². The van der Waals surface area contributed by atoms with Gasteiger partial charge in [-0.2, -0.15) is 0 Å². The monoisotopic (exact) mass is 782 g/mol. The first kappa shape index (κ1) is 42.3. The Kier molecular flexibility index (Phi) is 17.2. The Morgan fingerprint density at radius 1 is 0.640 bits per heavy atom. The molecule has 4 saturated heterocycles. The van der Waals surface area contributed by atoms with Gasteiger partial charge in [-0.05, 0) is 83.0 Å². The first-order valence-electron chi connectivity index (χ1n) is 18.3. The molecule has 4 aliphatic rings. The van der Waals surface area contributed by atoms with Crippen molar-refractivity contribution in [3.05, 3.63) is 12.2 Å². The number of hydrogen-bond acceptors (Lipinski definition) is 14. The third kappa shape index (κ3) is 17.2. The molecular formula is C32H62O14Si4. The van der Waals surface area contributed by atoms with Crippen LogP contribution in [0.1, 0.15) is 32.6 Å². The molecule has 1 N–H and O–H groups in total. The van der Waals surface area contributed by atoms with E-state index in [9.17, 15) is 9.90 Å². The summed E-state index contributed by atoms with van der Waals surface area (Å²) < 4.78 is 73.2. The molecule has 4 aliphatic heterocycles. The molecule has 4 fully saturated rings. The van der Waals surface area contributed by atoms with Crippen LogP contribution in [0.4, 0.5) is 0 Å². The molecule has 0 aromatic carbocycles. The Morgan fingerprint density at radius 3 is 1.26 bits per heavy atom. The zero-order valence-corrected chi connectivity index (χ0v) is 34.9. The molecule has 4 heterocycles. The number of carbonyl (C=O) groups is 1. The highest BCUT2D eigenvalue weighted by atomic mass is 28.5. The van der Waals surface area contributed by atoms with Crippen LogP contribution in [0, 0.1) is 0 Å². The lowest BCUT2D eigenvalue weighted by atomic mass is 10.3. The number of aliphatic hydroxyl groups excluding tert-OH is 1. The first-order chi connectivity index (χ1) is 23.8. The minimum Gasteiger partial charge on any atom is -0.460 e. The van der Waals surface area contributed by atoms with E-state index in [1.165, 1.54) is 0 Å². The number of esters is 1. The number of epoxide rings is 3. The van der Waals surface area contributed by atoms with Gasteiger partial charge in [-0.1, -0.05) is 6.58 Å². The maximum absolute atomic E-state index is 11.6. The maximum Gasteiger partial charge on any atom is 0.333 e. The molecule has 2 unspecified atom stereocenters. The predicted octanol–water partition coefficient (Wildman–Crippen LogP) is 3.66. The zero-order valence-electron chi connectivity index (χ0n) is 30.9. The summed E-state index contributed by atoms with van der Waals surface area (Å²) in [4.78, 5) is 11.6. The highest BCUT2D eigenvalue weighted by Crippen LogP contribution is 2.39. The second kappa shape index (κ2) is 20.3. The number of rotatable bonds is 27. The van der Waals surface area contributed by atoms with Gasteiger partial charge in [0.1, 0.15) is 31.0 Å². The molecule has 50 heavy (non-hydrogen) atoms. The normalized spacial score (nSPS) is 34.1. The van der Waals surface area contributed by atoms with E-state index >= 15 is 0 Å². The lowest BCUT2D eigenvalue weighted by Crippen LogP contribution is -2.67. The first-order valence-corrected chi connectivity index (χ1v) is 28.3. The van der Waals surface area contributed by atoms with Gasteiger partial charge in [0.25, 0.3) is 0 Å². The lowest BCUT2D eigenvalue weighted by molar-refractivity contribution is -0.143. The standard InChI is InChI=1S/C32H62O14Si4/c1-27(2)32(34)42-20-28(33)19-35-11-7-15-47(3)43-48(4,16-8-12-36-21-29-24-39-29)45-50(6,18-10-14-38-23-31-26-41-31)46-49(5,44-47)17-9-13-37-22-30-25-40-30/h28-31,33H,1,7-26H2,2-6H3/t28-,29-,30-,31+,47?,48?,49?,50?/m1/s1. The predicted molar refractivity (Wildman–Crippen MR) is 193 cm³/mol. The smallest absolute Gasteiger partial charge is 0.333 e. The molecule has 0 bridgehead atoms. The van der Waals surface area contributed by atoms with Crippen LogP contribution in [0.2, 0.25) is 50.4 Å². The van der Waals surface area contributed by atoms with Crippen molar-refractivity contribution in [3.8, 4) is 0 Å². The third-order valence-corrected chi connectivity index (χ3v) is 27.5. The van der Waals surface area contributed by atoms with E-state index in [1.54, 1.807) is 6.92 Å². The van der Waals surface area contributed by atoms with E-state index in [-0.39, 0.29) is 37.1 Å². The molecule has 0 saturated carbocycles. The fourth-order valence-electron chi connectivity index (χ4n) is 6.00. The second-order valence-corrected chi connectivity index (χ2v) is 28.9. The van der Waals surface area contributed by atoms with Crippen molar-refractivity contribution >= 4 is 40.2 Å². The maximum atomic E-state index is 11.6. The van der Waals surface area contributed by atoms with Gasteiger partial charge in [0.05, 0.1) is 46.2 Å². The summed E-state index contributed by atoms with van der Waals surface area (Å²) in [5.41, 5.74) is 0.284. The third-order valence-electron chi connectivity index (χ3n) is 8.59. The van der Waals surface area contributed by atoms with Gasteiger partial charge < -0.3 is 59.5 Å². The summed E-state index contributed by atoms with van der Waals surface area (Å²) in [5, 5.41) is 10.2. The van der Waals surface area contributed by atoms with Crippen LogP contribution >= 0.6 is 0 Å². The molecule has 0 spiro atoms. The molecule has 4 rings (SSSR count). The molecule has 0 radical (unpaired) electrons. The quantitative estimate of drug-likeness (QED) is 0.0423. The minimum atomic E-state index is -2.86. The Hall–Kier alpha value is -0.402. The molecular weight excluding hydrogens is 721 g/mol. The van der Waals surface area contributed by atoms with Crippen molar-refractivity contribution in [1.29, 1.82) is 0 Å². The SMILES string of the molecule is C=C(C)C(=O)OC[C@H](O)COCCC[Si]1(C)O[Si](C)(CCCOC[C@@H]2CO2)O[Si](C)(CCCOC[C@H]2CO2)O[Si](C)(CCCOC[C@@H]2CO2)O1. The van der Waals surface area contributed by atoms with Crippen molar-refractivity contribution in [3.63, 3.8) is 0 Å². The number of ether oxygens (including phenoxy) is 8. The highest BCUT2D eigenvalue weighted by molar-refractivity contribution is 6.93. The largest absolute Gasteiger partial charge is 0.460 e. The summed E-state index contributed by atoms with van der Waals surface area (Å²) in [5.74, 6) is -0.534. The number of aliphatic hydroxyl groups is 1. The van der Waals surface area contributed by atoms with E-state index in [0.717, 1.165) is 57.2 Å². The zero-order chi connectivity index (χ0) is 36.1. The fraction of sp³-hybridized carbons (Fsp3) is 0.906. The van der Waals surface area contributed by atoms with Crippen molar-refractivity contribution in [2.45, 2.75) is 107 Å². The fourth-order valence-corrected chi connectivity index (χ4v) is 29.2. The van der Waals surface area contributed by atoms with Gasteiger partial charge in [-0.3, -0.25) is 0 Å². The molecule has 0 amide bonds. The van der Waals surface area contributed by atoms with Crippen LogP contribution in [-0.2, 0) is 59.2 Å². The summed E-state index contributed by atoms with van der Waals surface area (Å²) in [6, 6.07) is 2.96. The Balaban J connectivity index is 1.38. The van der Waals surface area contributed by atoms with Crippen molar-refractivity contribution in [2.75, 3.05) is 79.3 Å². The van der Waals surface area contributed by atoms with Crippen LogP contribution in [0.15, 0.2) is 12.2 Å². The van der Waals surface area contributed by atoms with Crippen LogP contribution in [0.5, 0.6) is 0 Å². The molecule has 290 valence electrons. The van der Waals surface area contributed by atoms with Gasteiger partial charge in [-0.15, -0.1) is 0 Å². The second-order valence-electron chi connectivity index (χ2n) is 14.6. The Bertz CT molecular complexity index is 1010. The highest BCUT2D eigenvalue weighted by Gasteiger charge is 2.56. The van der Waals surface area contributed by atoms with Crippen LogP contribution < -0.4 is 0 Å². The Labute approximate surface area is 302 Å². The topological polar surface area (TPSA) is 158 Å². The lowest BCUT2D eigenvalue weighted by Gasteiger charge is -2.50. The summed E-state index contributed by atoms with van der Waals surface area (Å²) in [6.07, 6.45) is 2.87. The van der Waals surface area contributed by atoms with E-state index in [4.69, 9.17) is 54.4 Å². The summed E-state index contributed by atoms with van der Waals surface area (Å²) in [7, 11) is -11.3. The Morgan fingerprint density at radius 2 is 0.960 bits per heavy atom. The van der Waals surface area contributed by atoms with Crippen molar-refractivity contribution < 1.29 is 64.3 Å². The van der Waals surface area contributed by atoms with Gasteiger partial charge >= 0.3 is 40.2 Å². The van der Waals surface area contributed by atoms with Crippen molar-refractivity contribution in [2.24, 2.45) is 0 Å². The molecule has 14 nitrogen and oxygen atoms in total. The van der Waals surface area contributed by atoms with Crippen LogP contribution in [-0.4, -0.2) is 149 Å². The van der Waals surface area contributed by atoms with E-state index in [0.29, 0.717) is 58.7 Å². The van der Waals surface area contributed by atoms with Crippen molar-refractivity contribution in [1.82, 2.24) is 0 Å². The summed E-state index contributed by atoms with van der Waals surface area (Å²) >= 11 is 0.